The van der Waals surface area contributed by atoms with E-state index in [1.54, 1.807) is 4.90 Å². The van der Waals surface area contributed by atoms with Crippen molar-refractivity contribution in [2.75, 3.05) is 26.2 Å². The molecule has 0 aliphatic carbocycles. The van der Waals surface area contributed by atoms with Gasteiger partial charge in [0.15, 0.2) is 11.5 Å². The summed E-state index contributed by atoms with van der Waals surface area (Å²) in [6, 6.07) is 12.7. The van der Waals surface area contributed by atoms with Crippen LogP contribution in [-0.2, 0) is 21.2 Å². The molecule has 1 amide bonds. The number of carbonyl (C=O) groups excluding carboxylic acids is 1. The Morgan fingerprint density at radius 3 is 2.45 bits per heavy atom. The normalized spacial score (nSPS) is 15.7. The molecule has 1 aliphatic rings. The van der Waals surface area contributed by atoms with Crippen LogP contribution in [0.3, 0.4) is 0 Å². The van der Waals surface area contributed by atoms with Crippen molar-refractivity contribution in [3.63, 3.8) is 0 Å². The van der Waals surface area contributed by atoms with Crippen molar-refractivity contribution in [1.82, 2.24) is 14.2 Å². The first-order chi connectivity index (χ1) is 13.9. The first kappa shape index (κ1) is 19.5. The predicted octanol–water partition coefficient (Wildman–Crippen LogP) is 2.43. The first-order valence-electron chi connectivity index (χ1n) is 9.32. The number of carbonyl (C=O) groups is 1. The Morgan fingerprint density at radius 2 is 1.72 bits per heavy atom. The summed E-state index contributed by atoms with van der Waals surface area (Å²) in [5.74, 6) is -0.361. The summed E-state index contributed by atoms with van der Waals surface area (Å²) in [6.45, 7) is 0.788. The molecule has 1 saturated heterocycles. The van der Waals surface area contributed by atoms with Crippen molar-refractivity contribution in [2.24, 2.45) is 0 Å². The zero-order valence-electron chi connectivity index (χ0n) is 15.6. The van der Waals surface area contributed by atoms with E-state index in [1.807, 2.05) is 24.3 Å². The Morgan fingerprint density at radius 1 is 1.03 bits per heavy atom. The van der Waals surface area contributed by atoms with E-state index in [0.29, 0.717) is 17.9 Å². The number of aromatic nitrogens is 1. The third kappa shape index (κ3) is 4.01. The minimum Gasteiger partial charge on any atom is -0.441 e. The van der Waals surface area contributed by atoms with Crippen LogP contribution in [0, 0.1) is 5.82 Å². The van der Waals surface area contributed by atoms with Crippen LogP contribution < -0.4 is 0 Å². The second kappa shape index (κ2) is 7.92. The summed E-state index contributed by atoms with van der Waals surface area (Å²) in [7, 11) is -3.92. The van der Waals surface area contributed by atoms with Crippen molar-refractivity contribution >= 4 is 27.0 Å². The van der Waals surface area contributed by atoms with Gasteiger partial charge in [0, 0.05) is 39.0 Å². The highest BCUT2D eigenvalue weighted by molar-refractivity contribution is 7.89. The number of benzene rings is 2. The van der Waals surface area contributed by atoms with E-state index in [4.69, 9.17) is 4.42 Å². The summed E-state index contributed by atoms with van der Waals surface area (Å²) in [5.41, 5.74) is 1.43. The van der Waals surface area contributed by atoms with Gasteiger partial charge in [0.25, 0.3) is 0 Å². The number of para-hydroxylation sites is 2. The molecule has 1 aliphatic heterocycles. The van der Waals surface area contributed by atoms with E-state index < -0.39 is 15.8 Å². The van der Waals surface area contributed by atoms with Crippen LogP contribution >= 0.6 is 0 Å². The molecule has 0 saturated carbocycles. The largest absolute Gasteiger partial charge is 0.441 e. The molecule has 0 N–H and O–H groups in total. The highest BCUT2D eigenvalue weighted by atomic mass is 32.2. The molecule has 2 heterocycles. The van der Waals surface area contributed by atoms with E-state index in [-0.39, 0.29) is 43.4 Å². The summed E-state index contributed by atoms with van der Waals surface area (Å²) < 4.78 is 46.0. The summed E-state index contributed by atoms with van der Waals surface area (Å²) in [5, 5.41) is 0. The third-order valence-electron chi connectivity index (χ3n) is 4.94. The van der Waals surface area contributed by atoms with Gasteiger partial charge in [-0.15, -0.1) is 0 Å². The molecule has 0 spiro atoms. The third-order valence-corrected chi connectivity index (χ3v) is 6.87. The Labute approximate surface area is 167 Å². The van der Waals surface area contributed by atoms with Gasteiger partial charge in [-0.1, -0.05) is 24.3 Å². The van der Waals surface area contributed by atoms with E-state index in [9.17, 15) is 17.6 Å². The molecule has 9 heteroatoms. The van der Waals surface area contributed by atoms with Crippen molar-refractivity contribution in [1.29, 1.82) is 0 Å². The molecule has 1 aromatic heterocycles. The lowest BCUT2D eigenvalue weighted by atomic mass is 10.2. The van der Waals surface area contributed by atoms with Crippen LogP contribution in [0.5, 0.6) is 0 Å². The highest BCUT2D eigenvalue weighted by Gasteiger charge is 2.31. The quantitative estimate of drug-likeness (QED) is 0.637. The van der Waals surface area contributed by atoms with Gasteiger partial charge in [0.05, 0.1) is 0 Å². The minimum absolute atomic E-state index is 0.0878. The number of amides is 1. The van der Waals surface area contributed by atoms with E-state index in [2.05, 4.69) is 4.98 Å². The summed E-state index contributed by atoms with van der Waals surface area (Å²) in [6.07, 6.45) is 0.605. The molecular formula is C20H20FN3O4S. The van der Waals surface area contributed by atoms with Crippen LogP contribution in [0.4, 0.5) is 4.39 Å². The molecule has 4 rings (SSSR count). The maximum Gasteiger partial charge on any atom is 0.246 e. The van der Waals surface area contributed by atoms with Gasteiger partial charge in [-0.05, 0) is 24.3 Å². The molecular weight excluding hydrogens is 397 g/mol. The first-order valence-corrected chi connectivity index (χ1v) is 10.8. The average molecular weight is 417 g/mol. The Bertz CT molecular complexity index is 1100. The zero-order chi connectivity index (χ0) is 20.4. The predicted molar refractivity (Wildman–Crippen MR) is 104 cm³/mol. The van der Waals surface area contributed by atoms with E-state index in [0.717, 1.165) is 11.6 Å². The van der Waals surface area contributed by atoms with Gasteiger partial charge in [-0.2, -0.15) is 4.31 Å². The van der Waals surface area contributed by atoms with E-state index >= 15 is 0 Å². The molecule has 0 radical (unpaired) electrons. The van der Waals surface area contributed by atoms with Crippen molar-refractivity contribution in [2.45, 2.75) is 17.7 Å². The summed E-state index contributed by atoms with van der Waals surface area (Å²) >= 11 is 0. The molecule has 1 fully saturated rings. The van der Waals surface area contributed by atoms with Gasteiger partial charge >= 0.3 is 0 Å². The van der Waals surface area contributed by atoms with Gasteiger partial charge in [0.2, 0.25) is 15.9 Å². The van der Waals surface area contributed by atoms with Crippen LogP contribution in [0.1, 0.15) is 12.3 Å². The maximum atomic E-state index is 13.9. The molecule has 0 unspecified atom stereocenters. The fourth-order valence-electron chi connectivity index (χ4n) is 3.37. The van der Waals surface area contributed by atoms with E-state index in [1.165, 1.54) is 22.5 Å². The number of oxazole rings is 1. The van der Waals surface area contributed by atoms with Crippen molar-refractivity contribution in [3.8, 4) is 0 Å². The number of piperazine rings is 1. The molecule has 152 valence electrons. The number of sulfonamides is 1. The van der Waals surface area contributed by atoms with Gasteiger partial charge in [-0.3, -0.25) is 4.79 Å². The average Bonchev–Trinajstić information content (AvgIpc) is 3.15. The Kier molecular flexibility index (Phi) is 5.33. The lowest BCUT2D eigenvalue weighted by Gasteiger charge is -2.34. The smallest absolute Gasteiger partial charge is 0.246 e. The van der Waals surface area contributed by atoms with Crippen LogP contribution in [0.25, 0.3) is 11.1 Å². The zero-order valence-corrected chi connectivity index (χ0v) is 16.4. The second-order valence-corrected chi connectivity index (χ2v) is 8.70. The number of hydrogen-bond acceptors (Lipinski definition) is 5. The molecule has 7 nitrogen and oxygen atoms in total. The molecule has 0 atom stereocenters. The molecule has 2 aromatic carbocycles. The highest BCUT2D eigenvalue weighted by Crippen LogP contribution is 2.21. The van der Waals surface area contributed by atoms with Crippen LogP contribution in [-0.4, -0.2) is 54.7 Å². The maximum absolute atomic E-state index is 13.9. The number of rotatable bonds is 5. The van der Waals surface area contributed by atoms with Gasteiger partial charge < -0.3 is 9.32 Å². The minimum atomic E-state index is -3.92. The lowest BCUT2D eigenvalue weighted by Crippen LogP contribution is -2.50. The standard InChI is InChI=1S/C20H20FN3O4S/c21-15-5-1-4-8-18(15)29(26,27)24-13-11-23(12-14-24)20(25)10-9-19-22-16-6-2-3-7-17(16)28-19/h1-8H,9-14H2. The fraction of sp³-hybridized carbons (Fsp3) is 0.300. The molecule has 3 aromatic rings. The number of nitrogens with zero attached hydrogens (tertiary/aromatic N) is 3. The Balaban J connectivity index is 1.34. The topological polar surface area (TPSA) is 83.7 Å². The molecule has 29 heavy (non-hydrogen) atoms. The number of halogens is 1. The number of aryl methyl sites for hydroxylation is 1. The van der Waals surface area contributed by atoms with Gasteiger partial charge in [-0.25, -0.2) is 17.8 Å². The lowest BCUT2D eigenvalue weighted by molar-refractivity contribution is -0.132. The SMILES string of the molecule is O=C(CCc1nc2ccccc2o1)N1CCN(S(=O)(=O)c2ccccc2F)CC1. The van der Waals surface area contributed by atoms with Crippen molar-refractivity contribution < 1.29 is 22.0 Å². The number of fused-ring (bicyclic) bond motifs is 1. The van der Waals surface area contributed by atoms with Gasteiger partial charge in [0.1, 0.15) is 16.2 Å². The summed E-state index contributed by atoms with van der Waals surface area (Å²) in [4.78, 5) is 18.1. The monoisotopic (exact) mass is 417 g/mol. The molecule has 0 bridgehead atoms. The van der Waals surface area contributed by atoms with Crippen LogP contribution in [0.15, 0.2) is 57.8 Å². The number of hydrogen-bond donors (Lipinski definition) is 0. The van der Waals surface area contributed by atoms with Crippen LogP contribution in [0.2, 0.25) is 0 Å². The van der Waals surface area contributed by atoms with Crippen molar-refractivity contribution in [3.05, 3.63) is 60.2 Å². The Hall–Kier alpha value is -2.78. The second-order valence-electron chi connectivity index (χ2n) is 6.79. The fourth-order valence-corrected chi connectivity index (χ4v) is 4.86.